The highest BCUT2D eigenvalue weighted by Gasteiger charge is 2.23. The molecule has 94 valence electrons. The lowest BCUT2D eigenvalue weighted by molar-refractivity contribution is 0.197. The maximum absolute atomic E-state index is 9.75. The number of aliphatic hydroxyl groups is 1. The van der Waals surface area contributed by atoms with Gasteiger partial charge in [-0.2, -0.15) is 5.26 Å². The number of aromatic nitrogens is 1. The third-order valence-electron chi connectivity index (χ3n) is 3.12. The second-order valence-corrected chi connectivity index (χ2v) is 4.49. The highest BCUT2D eigenvalue weighted by atomic mass is 16.4. The van der Waals surface area contributed by atoms with E-state index in [-0.39, 0.29) is 0 Å². The fourth-order valence-corrected chi connectivity index (χ4v) is 2.30. The summed E-state index contributed by atoms with van der Waals surface area (Å²) in [6.07, 6.45) is -0.715. The topological polar surface area (TPSA) is 62.1 Å². The van der Waals surface area contributed by atoms with Gasteiger partial charge in [0.15, 0.2) is 0 Å². The number of nitrogens with zero attached hydrogens (tertiary/aromatic N) is 2. The van der Waals surface area contributed by atoms with Crippen molar-refractivity contribution in [1.82, 2.24) is 4.57 Å². The Hall–Kier alpha value is -1.99. The summed E-state index contributed by atoms with van der Waals surface area (Å²) in [6, 6.07) is 6.07. The number of aryl methyl sites for hydroxylation is 3. The van der Waals surface area contributed by atoms with Crippen molar-refractivity contribution in [2.24, 2.45) is 0 Å². The number of hydrogen-bond donors (Lipinski definition) is 1. The second kappa shape index (κ2) is 4.35. The van der Waals surface area contributed by atoms with Gasteiger partial charge in [-0.25, -0.2) is 0 Å². The Morgan fingerprint density at radius 1 is 1.28 bits per heavy atom. The van der Waals surface area contributed by atoms with Crippen LogP contribution in [0.1, 0.15) is 41.3 Å². The molecule has 0 aliphatic carbocycles. The molecule has 0 unspecified atom stereocenters. The summed E-state index contributed by atoms with van der Waals surface area (Å²) >= 11 is 0. The Labute approximate surface area is 106 Å². The van der Waals surface area contributed by atoms with Crippen LogP contribution in [0.4, 0.5) is 0 Å². The van der Waals surface area contributed by atoms with Crippen LogP contribution in [-0.4, -0.2) is 9.67 Å². The van der Waals surface area contributed by atoms with E-state index in [9.17, 15) is 10.4 Å². The Kier molecular flexibility index (Phi) is 3.02. The summed E-state index contributed by atoms with van der Waals surface area (Å²) in [6.45, 7) is 7.31. The predicted octanol–water partition coefficient (Wildman–Crippen LogP) is 2.92. The molecule has 1 atom stereocenters. The smallest absolute Gasteiger partial charge is 0.222 e. The van der Waals surface area contributed by atoms with Crippen molar-refractivity contribution < 1.29 is 9.52 Å². The van der Waals surface area contributed by atoms with E-state index in [4.69, 9.17) is 4.42 Å². The zero-order valence-electron chi connectivity index (χ0n) is 11.0. The van der Waals surface area contributed by atoms with Crippen LogP contribution in [0.3, 0.4) is 0 Å². The molecule has 2 aromatic heterocycles. The van der Waals surface area contributed by atoms with Gasteiger partial charge in [-0.3, -0.25) is 4.57 Å². The van der Waals surface area contributed by atoms with Crippen molar-refractivity contribution in [3.8, 4) is 12.0 Å². The van der Waals surface area contributed by atoms with Crippen molar-refractivity contribution in [1.29, 1.82) is 5.26 Å². The first-order chi connectivity index (χ1) is 8.47. The van der Waals surface area contributed by atoms with Crippen LogP contribution in [-0.2, 0) is 0 Å². The minimum atomic E-state index is -0.715. The van der Waals surface area contributed by atoms with Gasteiger partial charge < -0.3 is 9.52 Å². The molecule has 0 bridgehead atoms. The van der Waals surface area contributed by atoms with Gasteiger partial charge in [-0.15, -0.1) is 0 Å². The molecule has 4 heteroatoms. The summed E-state index contributed by atoms with van der Waals surface area (Å²) in [7, 11) is 0. The number of hydrogen-bond acceptors (Lipinski definition) is 3. The molecule has 0 saturated heterocycles. The zero-order valence-corrected chi connectivity index (χ0v) is 11.0. The minimum absolute atomic E-state index is 0.407. The lowest BCUT2D eigenvalue weighted by atomic mass is 10.1. The summed E-state index contributed by atoms with van der Waals surface area (Å²) < 4.78 is 7.57. The van der Waals surface area contributed by atoms with Crippen molar-refractivity contribution in [3.63, 3.8) is 0 Å². The third-order valence-corrected chi connectivity index (χ3v) is 3.12. The van der Waals surface area contributed by atoms with Gasteiger partial charge in [0.25, 0.3) is 0 Å². The summed E-state index contributed by atoms with van der Waals surface area (Å²) in [4.78, 5) is 0. The molecule has 4 nitrogen and oxygen atoms in total. The lowest BCUT2D eigenvalue weighted by Gasteiger charge is -2.06. The van der Waals surface area contributed by atoms with Gasteiger partial charge in [-0.05, 0) is 39.8 Å². The first-order valence-electron chi connectivity index (χ1n) is 5.84. The Morgan fingerprint density at radius 3 is 2.28 bits per heavy atom. The van der Waals surface area contributed by atoms with Gasteiger partial charge >= 0.3 is 0 Å². The van der Waals surface area contributed by atoms with Crippen molar-refractivity contribution in [2.75, 3.05) is 0 Å². The summed E-state index contributed by atoms with van der Waals surface area (Å²) in [5.41, 5.74) is 2.97. The molecule has 0 radical (unpaired) electrons. The molecule has 0 saturated carbocycles. The molecule has 0 amide bonds. The molecule has 0 aromatic carbocycles. The van der Waals surface area contributed by atoms with Crippen molar-refractivity contribution in [2.45, 2.75) is 33.8 Å². The van der Waals surface area contributed by atoms with Crippen LogP contribution in [0, 0.1) is 32.1 Å². The van der Waals surface area contributed by atoms with Gasteiger partial charge in [0.2, 0.25) is 5.88 Å². The zero-order chi connectivity index (χ0) is 13.4. The molecule has 2 aromatic rings. The first-order valence-corrected chi connectivity index (χ1v) is 5.84. The van der Waals surface area contributed by atoms with E-state index in [0.29, 0.717) is 22.8 Å². The molecule has 2 rings (SSSR count). The van der Waals surface area contributed by atoms with Gasteiger partial charge in [0, 0.05) is 17.0 Å². The lowest BCUT2D eigenvalue weighted by Crippen LogP contribution is -2.01. The average Bonchev–Trinajstić information content (AvgIpc) is 2.79. The average molecular weight is 244 g/mol. The molecule has 0 aliphatic rings. The molecule has 0 spiro atoms. The van der Waals surface area contributed by atoms with Crippen LogP contribution in [0.25, 0.3) is 5.88 Å². The highest BCUT2D eigenvalue weighted by Crippen LogP contribution is 2.31. The summed E-state index contributed by atoms with van der Waals surface area (Å²) in [5.74, 6) is 1.08. The second-order valence-electron chi connectivity index (χ2n) is 4.49. The first kappa shape index (κ1) is 12.5. The van der Waals surface area contributed by atoms with E-state index in [1.54, 1.807) is 13.8 Å². The van der Waals surface area contributed by atoms with Gasteiger partial charge in [0.1, 0.15) is 17.4 Å². The molecule has 2 heterocycles. The quantitative estimate of drug-likeness (QED) is 0.883. The minimum Gasteiger partial charge on any atom is -0.443 e. The van der Waals surface area contributed by atoms with Gasteiger partial charge in [0.05, 0.1) is 6.10 Å². The number of aliphatic hydroxyl groups excluding tert-OH is 1. The van der Waals surface area contributed by atoms with E-state index in [1.807, 2.05) is 30.5 Å². The molecule has 18 heavy (non-hydrogen) atoms. The van der Waals surface area contributed by atoms with E-state index >= 15 is 0 Å². The fraction of sp³-hybridized carbons (Fsp3) is 0.357. The maximum Gasteiger partial charge on any atom is 0.222 e. The Bertz CT molecular complexity index is 607. The molecule has 0 fully saturated rings. The molecular formula is C14H16N2O2. The largest absolute Gasteiger partial charge is 0.443 e. The van der Waals surface area contributed by atoms with Crippen LogP contribution in [0.2, 0.25) is 0 Å². The van der Waals surface area contributed by atoms with Crippen molar-refractivity contribution in [3.05, 3.63) is 40.4 Å². The van der Waals surface area contributed by atoms with Crippen LogP contribution >= 0.6 is 0 Å². The highest BCUT2D eigenvalue weighted by molar-refractivity contribution is 5.52. The summed E-state index contributed by atoms with van der Waals surface area (Å²) in [5, 5.41) is 19.1. The van der Waals surface area contributed by atoms with Crippen LogP contribution in [0.15, 0.2) is 16.5 Å². The number of nitriles is 1. The van der Waals surface area contributed by atoms with Gasteiger partial charge in [-0.1, -0.05) is 0 Å². The Morgan fingerprint density at radius 2 is 1.83 bits per heavy atom. The van der Waals surface area contributed by atoms with E-state index < -0.39 is 6.10 Å². The van der Waals surface area contributed by atoms with Crippen LogP contribution in [0.5, 0.6) is 0 Å². The monoisotopic (exact) mass is 244 g/mol. The number of furan rings is 1. The molecule has 0 aliphatic heterocycles. The fourth-order valence-electron chi connectivity index (χ4n) is 2.30. The van der Waals surface area contributed by atoms with Crippen molar-refractivity contribution >= 4 is 0 Å². The SMILES string of the molecule is Cc1oc(-n2c(C)ccc2C)c(C#N)c1[C@@H](C)O. The van der Waals surface area contributed by atoms with Crippen LogP contribution < -0.4 is 0 Å². The predicted molar refractivity (Wildman–Crippen MR) is 67.6 cm³/mol. The third kappa shape index (κ3) is 1.73. The van der Waals surface area contributed by atoms with E-state index in [1.165, 1.54) is 0 Å². The standard InChI is InChI=1S/C14H16N2O2/c1-8-5-6-9(2)16(8)14-12(7-15)13(10(3)17)11(4)18-14/h5-6,10,17H,1-4H3/t10-/m1/s1. The Balaban J connectivity index is 2.75. The molecular weight excluding hydrogens is 228 g/mol. The normalized spacial score (nSPS) is 12.4. The maximum atomic E-state index is 9.75. The van der Waals surface area contributed by atoms with E-state index in [2.05, 4.69) is 6.07 Å². The van der Waals surface area contributed by atoms with E-state index in [0.717, 1.165) is 11.4 Å². The molecule has 1 N–H and O–H groups in total. The number of rotatable bonds is 2.